The molecule has 0 bridgehead atoms. The smallest absolute Gasteiger partial charge is 0.263 e. The number of hydrogen-bond acceptors (Lipinski definition) is 4. The quantitative estimate of drug-likeness (QED) is 0.472. The van der Waals surface area contributed by atoms with Gasteiger partial charge in [-0.25, -0.2) is 10.2 Å². The first kappa shape index (κ1) is 12.8. The van der Waals surface area contributed by atoms with Crippen LogP contribution < -0.4 is 16.0 Å². The fraction of sp³-hybridized carbons (Fsp3) is 0.417. The molecule has 0 saturated carbocycles. The molecule has 3 N–H and O–H groups in total. The summed E-state index contributed by atoms with van der Waals surface area (Å²) in [6, 6.07) is 5.90. The zero-order valence-corrected chi connectivity index (χ0v) is 9.77. The van der Waals surface area contributed by atoms with Gasteiger partial charge in [0.15, 0.2) is 0 Å². The second-order valence-electron chi connectivity index (χ2n) is 4.10. The second-order valence-corrected chi connectivity index (χ2v) is 4.10. The van der Waals surface area contributed by atoms with E-state index in [-0.39, 0.29) is 24.4 Å². The molecule has 0 aromatic heterocycles. The van der Waals surface area contributed by atoms with Crippen molar-refractivity contribution < 1.29 is 18.7 Å². The van der Waals surface area contributed by atoms with E-state index in [4.69, 9.17) is 15.3 Å². The van der Waals surface area contributed by atoms with E-state index in [1.165, 1.54) is 12.1 Å². The van der Waals surface area contributed by atoms with Gasteiger partial charge in [0.05, 0.1) is 6.10 Å². The van der Waals surface area contributed by atoms with E-state index in [1.807, 2.05) is 0 Å². The number of carbonyl (C=O) groups excluding carboxylic acids is 1. The molecule has 2 unspecified atom stereocenters. The molecular formula is C12H15FN2O3. The number of carbonyl (C=O) groups is 1. The van der Waals surface area contributed by atoms with Gasteiger partial charge in [-0.1, -0.05) is 6.07 Å². The number of nitrogens with two attached hydrogens (primary N) is 1. The Labute approximate surface area is 104 Å². The lowest BCUT2D eigenvalue weighted by Gasteiger charge is -2.13. The van der Waals surface area contributed by atoms with E-state index in [2.05, 4.69) is 5.43 Å². The van der Waals surface area contributed by atoms with Crippen molar-refractivity contribution in [3.05, 3.63) is 30.1 Å². The zero-order valence-electron chi connectivity index (χ0n) is 9.77. The van der Waals surface area contributed by atoms with E-state index in [0.29, 0.717) is 18.6 Å². The summed E-state index contributed by atoms with van der Waals surface area (Å²) in [6.07, 6.45) is 0.639. The van der Waals surface area contributed by atoms with Gasteiger partial charge in [0, 0.05) is 6.07 Å². The lowest BCUT2D eigenvalue weighted by atomic mass is 10.2. The third-order valence-corrected chi connectivity index (χ3v) is 2.77. The first-order valence-electron chi connectivity index (χ1n) is 5.73. The molecule has 5 nitrogen and oxygen atoms in total. The second kappa shape index (κ2) is 5.79. The van der Waals surface area contributed by atoms with Gasteiger partial charge >= 0.3 is 0 Å². The lowest BCUT2D eigenvalue weighted by molar-refractivity contribution is -0.132. The van der Waals surface area contributed by atoms with Crippen LogP contribution in [0.3, 0.4) is 0 Å². The molecule has 1 aliphatic heterocycles. The summed E-state index contributed by atoms with van der Waals surface area (Å²) < 4.78 is 23.8. The molecule has 2 atom stereocenters. The van der Waals surface area contributed by atoms with Crippen molar-refractivity contribution in [1.82, 2.24) is 5.43 Å². The monoisotopic (exact) mass is 254 g/mol. The summed E-state index contributed by atoms with van der Waals surface area (Å²) in [5.41, 5.74) is 2.05. The summed E-state index contributed by atoms with van der Waals surface area (Å²) in [7, 11) is 0. The molecule has 1 amide bonds. The topological polar surface area (TPSA) is 73.6 Å². The van der Waals surface area contributed by atoms with Gasteiger partial charge in [-0.3, -0.25) is 10.2 Å². The Bertz CT molecular complexity index is 428. The van der Waals surface area contributed by atoms with E-state index in [9.17, 15) is 9.18 Å². The summed E-state index contributed by atoms with van der Waals surface area (Å²) in [5.74, 6) is 4.80. The molecule has 0 radical (unpaired) electrons. The predicted octanol–water partition coefficient (Wildman–Crippen LogP) is 0.742. The van der Waals surface area contributed by atoms with Gasteiger partial charge in [0.25, 0.3) is 5.91 Å². The van der Waals surface area contributed by atoms with E-state index < -0.39 is 6.10 Å². The summed E-state index contributed by atoms with van der Waals surface area (Å²) >= 11 is 0. The van der Waals surface area contributed by atoms with Crippen LogP contribution >= 0.6 is 0 Å². The summed E-state index contributed by atoms with van der Waals surface area (Å²) in [4.78, 5) is 11.2. The average molecular weight is 254 g/mol. The van der Waals surface area contributed by atoms with Crippen molar-refractivity contribution in [1.29, 1.82) is 0 Å². The molecule has 6 heteroatoms. The zero-order chi connectivity index (χ0) is 13.0. The minimum atomic E-state index is -0.517. The van der Waals surface area contributed by atoms with Gasteiger partial charge in [0.2, 0.25) is 0 Å². The number of nitrogens with one attached hydrogen (secondary N) is 1. The van der Waals surface area contributed by atoms with Gasteiger partial charge in [-0.05, 0) is 25.0 Å². The third kappa shape index (κ3) is 3.18. The molecule has 1 saturated heterocycles. The van der Waals surface area contributed by atoms with Crippen molar-refractivity contribution in [3.63, 3.8) is 0 Å². The standard InChI is InChI=1S/C12H15FN2O3/c13-8-2-1-3-9(6-8)17-7-10-4-5-11(18-10)12(16)15-14/h1-3,6,10-11H,4-5,7,14H2,(H,15,16). The predicted molar refractivity (Wildman–Crippen MR) is 62.1 cm³/mol. The van der Waals surface area contributed by atoms with Gasteiger partial charge in [0.1, 0.15) is 24.3 Å². The minimum absolute atomic E-state index is 0.171. The van der Waals surface area contributed by atoms with Crippen LogP contribution in [0.25, 0.3) is 0 Å². The maximum Gasteiger partial charge on any atom is 0.263 e. The van der Waals surface area contributed by atoms with Crippen molar-refractivity contribution in [2.45, 2.75) is 25.0 Å². The van der Waals surface area contributed by atoms with Crippen LogP contribution in [0.4, 0.5) is 4.39 Å². The van der Waals surface area contributed by atoms with Gasteiger partial charge in [-0.15, -0.1) is 0 Å². The van der Waals surface area contributed by atoms with Crippen LogP contribution in [0.15, 0.2) is 24.3 Å². The van der Waals surface area contributed by atoms with Crippen LogP contribution in [0.1, 0.15) is 12.8 Å². The molecular weight excluding hydrogens is 239 g/mol. The fourth-order valence-electron chi connectivity index (χ4n) is 1.86. The van der Waals surface area contributed by atoms with Crippen molar-refractivity contribution in [2.24, 2.45) is 5.84 Å². The fourth-order valence-corrected chi connectivity index (χ4v) is 1.86. The number of rotatable bonds is 4. The highest BCUT2D eigenvalue weighted by atomic mass is 19.1. The molecule has 1 fully saturated rings. The van der Waals surface area contributed by atoms with Gasteiger partial charge in [-0.2, -0.15) is 0 Å². The summed E-state index contributed by atoms with van der Waals surface area (Å²) in [6.45, 7) is 0.289. The Balaban J connectivity index is 1.80. The van der Waals surface area contributed by atoms with Crippen LogP contribution in [0.5, 0.6) is 5.75 Å². The molecule has 18 heavy (non-hydrogen) atoms. The van der Waals surface area contributed by atoms with Crippen LogP contribution in [-0.4, -0.2) is 24.7 Å². The maximum atomic E-state index is 12.9. The van der Waals surface area contributed by atoms with Crippen molar-refractivity contribution >= 4 is 5.91 Å². The summed E-state index contributed by atoms with van der Waals surface area (Å²) in [5, 5.41) is 0. The highest BCUT2D eigenvalue weighted by molar-refractivity contribution is 5.80. The Morgan fingerprint density at radius 3 is 3.11 bits per heavy atom. The first-order valence-corrected chi connectivity index (χ1v) is 5.73. The molecule has 2 rings (SSSR count). The highest BCUT2D eigenvalue weighted by Crippen LogP contribution is 2.21. The SMILES string of the molecule is NNC(=O)C1CCC(COc2cccc(F)c2)O1. The number of benzene rings is 1. The molecule has 1 heterocycles. The van der Waals surface area contributed by atoms with Crippen LogP contribution in [-0.2, 0) is 9.53 Å². The van der Waals surface area contributed by atoms with Crippen molar-refractivity contribution in [3.8, 4) is 5.75 Å². The van der Waals surface area contributed by atoms with Crippen LogP contribution in [0.2, 0.25) is 0 Å². The minimum Gasteiger partial charge on any atom is -0.491 e. The van der Waals surface area contributed by atoms with E-state index >= 15 is 0 Å². The largest absolute Gasteiger partial charge is 0.491 e. The molecule has 0 spiro atoms. The Kier molecular flexibility index (Phi) is 4.11. The highest BCUT2D eigenvalue weighted by Gasteiger charge is 2.30. The first-order chi connectivity index (χ1) is 8.69. The van der Waals surface area contributed by atoms with E-state index in [1.54, 1.807) is 12.1 Å². The number of hydrogen-bond donors (Lipinski definition) is 2. The molecule has 1 aromatic carbocycles. The Morgan fingerprint density at radius 2 is 2.39 bits per heavy atom. The van der Waals surface area contributed by atoms with Crippen LogP contribution in [0, 0.1) is 5.82 Å². The number of amides is 1. The maximum absolute atomic E-state index is 12.9. The van der Waals surface area contributed by atoms with E-state index in [0.717, 1.165) is 0 Å². The lowest BCUT2D eigenvalue weighted by Crippen LogP contribution is -2.39. The molecule has 98 valence electrons. The Morgan fingerprint density at radius 1 is 1.56 bits per heavy atom. The Hall–Kier alpha value is -1.66. The van der Waals surface area contributed by atoms with Crippen molar-refractivity contribution in [2.75, 3.05) is 6.61 Å². The normalized spacial score (nSPS) is 22.8. The average Bonchev–Trinajstić information content (AvgIpc) is 2.84. The molecule has 1 aliphatic rings. The number of ether oxygens (including phenoxy) is 2. The number of hydrazine groups is 1. The number of halogens is 1. The molecule has 0 aliphatic carbocycles. The molecule has 1 aromatic rings. The van der Waals surface area contributed by atoms with Gasteiger partial charge < -0.3 is 9.47 Å². The third-order valence-electron chi connectivity index (χ3n) is 2.77.